The Hall–Kier alpha value is -0.0900. The third-order valence-corrected chi connectivity index (χ3v) is 3.79. The lowest BCUT2D eigenvalue weighted by atomic mass is 10.3. The second kappa shape index (κ2) is 1.70. The lowest BCUT2D eigenvalue weighted by Gasteiger charge is -2.05. The summed E-state index contributed by atoms with van der Waals surface area (Å²) in [5.74, 6) is 0. The smallest absolute Gasteiger partial charge is 0.270 e. The molecule has 3 nitrogen and oxygen atoms in total. The molecule has 0 aliphatic heterocycles. The summed E-state index contributed by atoms with van der Waals surface area (Å²) in [6, 6.07) is 0. The SMILES string of the molecule is CCC1(S(=O)(=O)O)CC1. The van der Waals surface area contributed by atoms with E-state index in [4.69, 9.17) is 4.55 Å². The normalized spacial score (nSPS) is 23.8. The first kappa shape index (κ1) is 7.02. The second-order valence-electron chi connectivity index (χ2n) is 2.51. The molecular weight excluding hydrogens is 140 g/mol. The number of hydrogen-bond donors (Lipinski definition) is 1. The van der Waals surface area contributed by atoms with E-state index in [1.54, 1.807) is 6.92 Å². The highest BCUT2D eigenvalue weighted by atomic mass is 32.2. The summed E-state index contributed by atoms with van der Waals surface area (Å²) in [5.41, 5.74) is 0. The van der Waals surface area contributed by atoms with Gasteiger partial charge in [-0.15, -0.1) is 0 Å². The second-order valence-corrected chi connectivity index (χ2v) is 4.33. The predicted molar refractivity (Wildman–Crippen MR) is 33.8 cm³/mol. The molecule has 0 spiro atoms. The predicted octanol–water partition coefficient (Wildman–Crippen LogP) is 0.817. The zero-order chi connectivity index (χ0) is 7.12. The zero-order valence-electron chi connectivity index (χ0n) is 5.29. The Balaban J connectivity index is 2.85. The molecule has 9 heavy (non-hydrogen) atoms. The Bertz CT molecular complexity index is 200. The molecule has 0 aromatic carbocycles. The van der Waals surface area contributed by atoms with Crippen LogP contribution in [0, 0.1) is 0 Å². The van der Waals surface area contributed by atoms with Crippen LogP contribution in [-0.4, -0.2) is 17.7 Å². The minimum atomic E-state index is -3.74. The van der Waals surface area contributed by atoms with Crippen LogP contribution in [0.2, 0.25) is 0 Å². The van der Waals surface area contributed by atoms with Crippen LogP contribution in [-0.2, 0) is 10.1 Å². The van der Waals surface area contributed by atoms with Crippen LogP contribution in [0.4, 0.5) is 0 Å². The quantitative estimate of drug-likeness (QED) is 0.593. The summed E-state index contributed by atoms with van der Waals surface area (Å²) in [7, 11) is -3.74. The van der Waals surface area contributed by atoms with Gasteiger partial charge in [0.05, 0.1) is 4.75 Å². The molecule has 1 fully saturated rings. The molecule has 54 valence electrons. The maximum Gasteiger partial charge on any atom is 0.270 e. The van der Waals surface area contributed by atoms with E-state index in [9.17, 15) is 8.42 Å². The van der Waals surface area contributed by atoms with Gasteiger partial charge in [-0.25, -0.2) is 0 Å². The summed E-state index contributed by atoms with van der Waals surface area (Å²) in [5, 5.41) is 0. The zero-order valence-corrected chi connectivity index (χ0v) is 6.11. The molecule has 0 atom stereocenters. The highest BCUT2D eigenvalue weighted by Gasteiger charge is 2.52. The van der Waals surface area contributed by atoms with Gasteiger partial charge in [0.25, 0.3) is 10.1 Å². The molecule has 1 aliphatic carbocycles. The van der Waals surface area contributed by atoms with Crippen molar-refractivity contribution in [2.45, 2.75) is 30.9 Å². The van der Waals surface area contributed by atoms with E-state index >= 15 is 0 Å². The Morgan fingerprint density at radius 3 is 2.00 bits per heavy atom. The first-order valence-electron chi connectivity index (χ1n) is 2.99. The van der Waals surface area contributed by atoms with Gasteiger partial charge < -0.3 is 0 Å². The third kappa shape index (κ3) is 0.966. The van der Waals surface area contributed by atoms with Crippen molar-refractivity contribution in [3.63, 3.8) is 0 Å². The Kier molecular flexibility index (Phi) is 1.33. The van der Waals surface area contributed by atoms with Gasteiger partial charge in [0.15, 0.2) is 0 Å². The minimum Gasteiger partial charge on any atom is -0.285 e. The average Bonchev–Trinajstić information content (AvgIpc) is 2.40. The van der Waals surface area contributed by atoms with Crippen molar-refractivity contribution in [2.75, 3.05) is 0 Å². The van der Waals surface area contributed by atoms with Gasteiger partial charge in [0.1, 0.15) is 0 Å². The van der Waals surface area contributed by atoms with Gasteiger partial charge in [0.2, 0.25) is 0 Å². The lowest BCUT2D eigenvalue weighted by molar-refractivity contribution is 0.461. The Morgan fingerprint density at radius 1 is 1.56 bits per heavy atom. The summed E-state index contributed by atoms with van der Waals surface area (Å²) >= 11 is 0. The summed E-state index contributed by atoms with van der Waals surface area (Å²) < 4.78 is 28.8. The van der Waals surface area contributed by atoms with Gasteiger partial charge in [-0.05, 0) is 19.3 Å². The van der Waals surface area contributed by atoms with Crippen LogP contribution in [0.5, 0.6) is 0 Å². The molecule has 4 heteroatoms. The minimum absolute atomic E-state index is 0.534. The molecule has 0 heterocycles. The maximum atomic E-state index is 10.5. The van der Waals surface area contributed by atoms with Gasteiger partial charge in [-0.3, -0.25) is 4.55 Å². The number of hydrogen-bond acceptors (Lipinski definition) is 2. The molecule has 1 aliphatic rings. The van der Waals surface area contributed by atoms with Crippen molar-refractivity contribution in [2.24, 2.45) is 0 Å². The standard InChI is InChI=1S/C5H10O3S/c1-2-5(3-4-5)9(6,7)8/h2-4H2,1H3,(H,6,7,8). The summed E-state index contributed by atoms with van der Waals surface area (Å²) in [6.45, 7) is 1.78. The van der Waals surface area contributed by atoms with Crippen LogP contribution >= 0.6 is 0 Å². The molecule has 0 radical (unpaired) electrons. The average molecular weight is 150 g/mol. The van der Waals surface area contributed by atoms with E-state index in [-0.39, 0.29) is 0 Å². The molecule has 0 amide bonds. The van der Waals surface area contributed by atoms with E-state index in [2.05, 4.69) is 0 Å². The third-order valence-electron chi connectivity index (χ3n) is 2.00. The first-order chi connectivity index (χ1) is 4.02. The Morgan fingerprint density at radius 2 is 2.00 bits per heavy atom. The molecular formula is C5H10O3S. The molecule has 1 rings (SSSR count). The van der Waals surface area contributed by atoms with Crippen molar-refractivity contribution in [3.05, 3.63) is 0 Å². The van der Waals surface area contributed by atoms with Gasteiger partial charge in [0, 0.05) is 0 Å². The van der Waals surface area contributed by atoms with Gasteiger partial charge in [-0.2, -0.15) is 8.42 Å². The Labute approximate surface area is 54.8 Å². The molecule has 1 saturated carbocycles. The molecule has 0 unspecified atom stereocenters. The monoisotopic (exact) mass is 150 g/mol. The van der Waals surface area contributed by atoms with E-state index in [0.29, 0.717) is 19.3 Å². The fraction of sp³-hybridized carbons (Fsp3) is 1.00. The molecule has 0 bridgehead atoms. The van der Waals surface area contributed by atoms with Crippen molar-refractivity contribution < 1.29 is 13.0 Å². The van der Waals surface area contributed by atoms with Crippen LogP contribution < -0.4 is 0 Å². The summed E-state index contributed by atoms with van der Waals surface area (Å²) in [6.07, 6.45) is 1.79. The topological polar surface area (TPSA) is 54.4 Å². The van der Waals surface area contributed by atoms with Crippen LogP contribution in [0.15, 0.2) is 0 Å². The van der Waals surface area contributed by atoms with Crippen LogP contribution in [0.25, 0.3) is 0 Å². The highest BCUT2D eigenvalue weighted by molar-refractivity contribution is 7.87. The lowest BCUT2D eigenvalue weighted by Crippen LogP contribution is -2.20. The summed E-state index contributed by atoms with van der Waals surface area (Å²) in [4.78, 5) is 0. The van der Waals surface area contributed by atoms with E-state index in [1.807, 2.05) is 0 Å². The van der Waals surface area contributed by atoms with Gasteiger partial charge in [-0.1, -0.05) is 6.92 Å². The van der Waals surface area contributed by atoms with E-state index < -0.39 is 14.9 Å². The van der Waals surface area contributed by atoms with Crippen molar-refractivity contribution >= 4 is 10.1 Å². The number of rotatable bonds is 2. The van der Waals surface area contributed by atoms with Crippen molar-refractivity contribution in [3.8, 4) is 0 Å². The molecule has 1 N–H and O–H groups in total. The van der Waals surface area contributed by atoms with E-state index in [0.717, 1.165) is 0 Å². The van der Waals surface area contributed by atoms with Crippen LogP contribution in [0.1, 0.15) is 26.2 Å². The van der Waals surface area contributed by atoms with Gasteiger partial charge >= 0.3 is 0 Å². The van der Waals surface area contributed by atoms with E-state index in [1.165, 1.54) is 0 Å². The fourth-order valence-corrected chi connectivity index (χ4v) is 1.92. The first-order valence-corrected chi connectivity index (χ1v) is 4.43. The fourth-order valence-electron chi connectivity index (χ4n) is 0.933. The maximum absolute atomic E-state index is 10.5. The highest BCUT2D eigenvalue weighted by Crippen LogP contribution is 2.45. The van der Waals surface area contributed by atoms with Crippen molar-refractivity contribution in [1.29, 1.82) is 0 Å². The van der Waals surface area contributed by atoms with Crippen molar-refractivity contribution in [1.82, 2.24) is 0 Å². The largest absolute Gasteiger partial charge is 0.285 e. The molecule has 0 saturated heterocycles. The molecule has 0 aromatic heterocycles. The van der Waals surface area contributed by atoms with Crippen LogP contribution in [0.3, 0.4) is 0 Å². The molecule has 0 aromatic rings.